The molecule has 1 saturated heterocycles. The average Bonchev–Trinajstić information content (AvgIpc) is 2.82. The number of hydrogen-bond acceptors (Lipinski definition) is 4. The second-order valence-electron chi connectivity index (χ2n) is 4.69. The minimum absolute atomic E-state index is 0.199. The fourth-order valence-corrected chi connectivity index (χ4v) is 2.08. The van der Waals surface area contributed by atoms with Crippen LogP contribution < -0.4 is 4.74 Å². The topological polar surface area (TPSA) is 42.0 Å². The zero-order valence-electron chi connectivity index (χ0n) is 11.5. The van der Waals surface area contributed by atoms with E-state index in [0.717, 1.165) is 18.8 Å². The van der Waals surface area contributed by atoms with Gasteiger partial charge in [0.25, 0.3) is 0 Å². The zero-order valence-corrected chi connectivity index (χ0v) is 11.5. The van der Waals surface area contributed by atoms with Gasteiger partial charge in [-0.1, -0.05) is 12.1 Å². The Kier molecular flexibility index (Phi) is 4.63. The number of hydrogen-bond donors (Lipinski definition) is 0. The lowest BCUT2D eigenvalue weighted by atomic mass is 10.2. The second kappa shape index (κ2) is 6.43. The molecular formula is C14H20N2O3. The summed E-state index contributed by atoms with van der Waals surface area (Å²) >= 11 is 0. The van der Waals surface area contributed by atoms with Crippen LogP contribution in [0.25, 0.3) is 0 Å². The molecule has 0 saturated carbocycles. The molecule has 1 heterocycles. The Morgan fingerprint density at radius 3 is 3.00 bits per heavy atom. The first-order valence-corrected chi connectivity index (χ1v) is 6.42. The molecule has 0 unspecified atom stereocenters. The molecule has 0 spiro atoms. The number of rotatable bonds is 6. The van der Waals surface area contributed by atoms with E-state index in [1.807, 2.05) is 25.2 Å². The molecule has 0 radical (unpaired) electrons. The Balaban J connectivity index is 1.80. The molecule has 1 aliphatic heterocycles. The van der Waals surface area contributed by atoms with Gasteiger partial charge in [-0.3, -0.25) is 0 Å². The fraction of sp³-hybridized carbons (Fsp3) is 0.500. The normalized spacial score (nSPS) is 14.9. The largest absolute Gasteiger partial charge is 0.497 e. The Morgan fingerprint density at radius 1 is 1.47 bits per heavy atom. The molecule has 1 fully saturated rings. The van der Waals surface area contributed by atoms with E-state index in [-0.39, 0.29) is 6.09 Å². The molecule has 0 atom stereocenters. The maximum Gasteiger partial charge on any atom is 0.409 e. The van der Waals surface area contributed by atoms with Gasteiger partial charge in [0.1, 0.15) is 12.4 Å². The van der Waals surface area contributed by atoms with Gasteiger partial charge in [-0.2, -0.15) is 0 Å². The molecule has 1 amide bonds. The fourth-order valence-electron chi connectivity index (χ4n) is 2.08. The number of cyclic esters (lactones) is 1. The maximum absolute atomic E-state index is 11.3. The van der Waals surface area contributed by atoms with E-state index in [1.54, 1.807) is 12.0 Å². The van der Waals surface area contributed by atoms with Crippen LogP contribution in [-0.4, -0.2) is 56.3 Å². The molecule has 1 aromatic carbocycles. The monoisotopic (exact) mass is 264 g/mol. The van der Waals surface area contributed by atoms with Crippen molar-refractivity contribution in [3.05, 3.63) is 29.8 Å². The Morgan fingerprint density at radius 2 is 2.32 bits per heavy atom. The lowest BCUT2D eigenvalue weighted by Gasteiger charge is -2.20. The van der Waals surface area contributed by atoms with Crippen LogP contribution in [0.5, 0.6) is 5.75 Å². The van der Waals surface area contributed by atoms with Crippen LogP contribution in [-0.2, 0) is 11.3 Å². The van der Waals surface area contributed by atoms with Crippen molar-refractivity contribution in [2.75, 3.05) is 40.4 Å². The van der Waals surface area contributed by atoms with Gasteiger partial charge in [0, 0.05) is 19.6 Å². The van der Waals surface area contributed by atoms with E-state index >= 15 is 0 Å². The van der Waals surface area contributed by atoms with Crippen LogP contribution in [0.4, 0.5) is 4.79 Å². The number of benzene rings is 1. The van der Waals surface area contributed by atoms with Crippen molar-refractivity contribution in [2.45, 2.75) is 6.54 Å². The number of likely N-dealkylation sites (N-methyl/N-ethyl adjacent to an activating group) is 1. The van der Waals surface area contributed by atoms with Gasteiger partial charge in [-0.15, -0.1) is 0 Å². The lowest BCUT2D eigenvalue weighted by molar-refractivity contribution is 0.155. The average molecular weight is 264 g/mol. The summed E-state index contributed by atoms with van der Waals surface area (Å²) in [6.07, 6.45) is -0.199. The molecule has 104 valence electrons. The number of carbonyl (C=O) groups excluding carboxylic acids is 1. The first-order valence-electron chi connectivity index (χ1n) is 6.42. The Hall–Kier alpha value is -1.75. The number of ether oxygens (including phenoxy) is 2. The molecule has 19 heavy (non-hydrogen) atoms. The minimum atomic E-state index is -0.199. The molecule has 0 N–H and O–H groups in total. The number of carbonyl (C=O) groups is 1. The molecule has 0 aliphatic carbocycles. The molecular weight excluding hydrogens is 244 g/mol. The van der Waals surface area contributed by atoms with Gasteiger partial charge in [-0.25, -0.2) is 4.79 Å². The van der Waals surface area contributed by atoms with E-state index in [2.05, 4.69) is 11.0 Å². The number of nitrogens with zero attached hydrogens (tertiary/aromatic N) is 2. The van der Waals surface area contributed by atoms with E-state index in [4.69, 9.17) is 9.47 Å². The van der Waals surface area contributed by atoms with Gasteiger partial charge in [-0.05, 0) is 24.7 Å². The predicted molar refractivity (Wildman–Crippen MR) is 72.2 cm³/mol. The van der Waals surface area contributed by atoms with Gasteiger partial charge < -0.3 is 19.3 Å². The third-order valence-electron chi connectivity index (χ3n) is 3.18. The van der Waals surface area contributed by atoms with Crippen LogP contribution in [0.15, 0.2) is 24.3 Å². The highest BCUT2D eigenvalue weighted by molar-refractivity contribution is 5.69. The standard InChI is InChI=1S/C14H20N2O3/c1-15(6-7-16-8-9-19-14(16)17)11-12-4-3-5-13(10-12)18-2/h3-5,10H,6-9,11H2,1-2H3. The van der Waals surface area contributed by atoms with Crippen molar-refractivity contribution >= 4 is 6.09 Å². The van der Waals surface area contributed by atoms with E-state index in [9.17, 15) is 4.79 Å². The summed E-state index contributed by atoms with van der Waals surface area (Å²) in [6, 6.07) is 8.02. The summed E-state index contributed by atoms with van der Waals surface area (Å²) in [5.74, 6) is 0.869. The van der Waals surface area contributed by atoms with Gasteiger partial charge in [0.05, 0.1) is 13.7 Å². The van der Waals surface area contributed by atoms with Crippen molar-refractivity contribution in [1.82, 2.24) is 9.80 Å². The highest BCUT2D eigenvalue weighted by Gasteiger charge is 2.21. The van der Waals surface area contributed by atoms with Crippen LogP contribution in [0, 0.1) is 0 Å². The molecule has 1 aromatic rings. The zero-order chi connectivity index (χ0) is 13.7. The summed E-state index contributed by atoms with van der Waals surface area (Å²) in [5, 5.41) is 0. The number of amides is 1. The summed E-state index contributed by atoms with van der Waals surface area (Å²) in [7, 11) is 3.71. The smallest absolute Gasteiger partial charge is 0.409 e. The van der Waals surface area contributed by atoms with Gasteiger partial charge in [0.2, 0.25) is 0 Å². The van der Waals surface area contributed by atoms with Gasteiger partial charge >= 0.3 is 6.09 Å². The molecule has 0 aromatic heterocycles. The second-order valence-corrected chi connectivity index (χ2v) is 4.69. The summed E-state index contributed by atoms with van der Waals surface area (Å²) in [6.45, 7) is 3.58. The van der Waals surface area contributed by atoms with Crippen molar-refractivity contribution < 1.29 is 14.3 Å². The Labute approximate surface area is 113 Å². The van der Waals surface area contributed by atoms with Crippen molar-refractivity contribution in [3.8, 4) is 5.75 Å². The number of methoxy groups -OCH3 is 1. The molecule has 1 aliphatic rings. The maximum atomic E-state index is 11.3. The SMILES string of the molecule is COc1cccc(CN(C)CCN2CCOC2=O)c1. The first kappa shape index (κ1) is 13.7. The van der Waals surface area contributed by atoms with Crippen LogP contribution in [0.3, 0.4) is 0 Å². The van der Waals surface area contributed by atoms with E-state index in [0.29, 0.717) is 19.7 Å². The molecule has 5 nitrogen and oxygen atoms in total. The van der Waals surface area contributed by atoms with Crippen LogP contribution in [0.2, 0.25) is 0 Å². The van der Waals surface area contributed by atoms with Crippen molar-refractivity contribution in [3.63, 3.8) is 0 Å². The molecule has 2 rings (SSSR count). The minimum Gasteiger partial charge on any atom is -0.497 e. The third kappa shape index (κ3) is 3.86. The molecule has 5 heteroatoms. The first-order chi connectivity index (χ1) is 9.19. The Bertz CT molecular complexity index is 436. The van der Waals surface area contributed by atoms with Crippen molar-refractivity contribution in [1.29, 1.82) is 0 Å². The van der Waals surface area contributed by atoms with E-state index < -0.39 is 0 Å². The molecule has 0 bridgehead atoms. The quantitative estimate of drug-likeness (QED) is 0.782. The highest BCUT2D eigenvalue weighted by Crippen LogP contribution is 2.14. The van der Waals surface area contributed by atoms with Crippen molar-refractivity contribution in [2.24, 2.45) is 0 Å². The third-order valence-corrected chi connectivity index (χ3v) is 3.18. The van der Waals surface area contributed by atoms with Gasteiger partial charge in [0.15, 0.2) is 0 Å². The highest BCUT2D eigenvalue weighted by atomic mass is 16.6. The van der Waals surface area contributed by atoms with Crippen LogP contribution >= 0.6 is 0 Å². The summed E-state index contributed by atoms with van der Waals surface area (Å²) < 4.78 is 10.1. The lowest BCUT2D eigenvalue weighted by Crippen LogP contribution is -2.33. The van der Waals surface area contributed by atoms with E-state index in [1.165, 1.54) is 5.56 Å². The summed E-state index contributed by atoms with van der Waals surface area (Å²) in [5.41, 5.74) is 1.20. The summed E-state index contributed by atoms with van der Waals surface area (Å²) in [4.78, 5) is 15.2. The predicted octanol–water partition coefficient (Wildman–Crippen LogP) is 1.58. The van der Waals surface area contributed by atoms with Crippen LogP contribution in [0.1, 0.15) is 5.56 Å².